The Labute approximate surface area is 123 Å². The maximum atomic E-state index is 12.5. The van der Waals surface area contributed by atoms with Crippen LogP contribution >= 0.6 is 0 Å². The van der Waals surface area contributed by atoms with Gasteiger partial charge in [-0.15, -0.1) is 0 Å². The van der Waals surface area contributed by atoms with Crippen LogP contribution in [-0.4, -0.2) is 56.3 Å². The lowest BCUT2D eigenvalue weighted by molar-refractivity contribution is 0.0745. The molecular formula is C14H20N6O. The summed E-state index contributed by atoms with van der Waals surface area (Å²) in [6.07, 6.45) is 5.53. The van der Waals surface area contributed by atoms with E-state index in [1.807, 2.05) is 36.7 Å². The molecule has 2 aromatic rings. The van der Waals surface area contributed by atoms with Gasteiger partial charge in [0.25, 0.3) is 5.91 Å². The molecule has 0 bridgehead atoms. The van der Waals surface area contributed by atoms with E-state index in [2.05, 4.69) is 15.0 Å². The van der Waals surface area contributed by atoms with E-state index < -0.39 is 0 Å². The van der Waals surface area contributed by atoms with Crippen LogP contribution in [0.5, 0.6) is 0 Å². The molecule has 21 heavy (non-hydrogen) atoms. The molecule has 3 rings (SSSR count). The minimum Gasteiger partial charge on any atom is -0.339 e. The molecular weight excluding hydrogens is 268 g/mol. The van der Waals surface area contributed by atoms with Crippen molar-refractivity contribution in [1.29, 1.82) is 0 Å². The van der Waals surface area contributed by atoms with Gasteiger partial charge in [0.15, 0.2) is 0 Å². The highest BCUT2D eigenvalue weighted by molar-refractivity contribution is 5.95. The van der Waals surface area contributed by atoms with Crippen molar-refractivity contribution in [3.63, 3.8) is 0 Å². The van der Waals surface area contributed by atoms with Crippen LogP contribution in [0.15, 0.2) is 18.6 Å². The third-order valence-corrected chi connectivity index (χ3v) is 3.89. The third kappa shape index (κ3) is 2.51. The van der Waals surface area contributed by atoms with Crippen molar-refractivity contribution in [2.24, 2.45) is 14.1 Å². The van der Waals surface area contributed by atoms with Crippen LogP contribution in [0.3, 0.4) is 0 Å². The molecule has 1 amide bonds. The fourth-order valence-electron chi connectivity index (χ4n) is 2.75. The number of imidazole rings is 1. The Bertz CT molecular complexity index is 650. The topological polar surface area (TPSA) is 59.2 Å². The van der Waals surface area contributed by atoms with Crippen LogP contribution in [0.25, 0.3) is 0 Å². The number of anilines is 1. The quantitative estimate of drug-likeness (QED) is 0.804. The van der Waals surface area contributed by atoms with Crippen LogP contribution in [-0.2, 0) is 14.1 Å². The minimum absolute atomic E-state index is 0.0695. The van der Waals surface area contributed by atoms with Gasteiger partial charge in [-0.25, -0.2) is 4.98 Å². The highest BCUT2D eigenvalue weighted by Crippen LogP contribution is 2.15. The fraction of sp³-hybridized carbons (Fsp3) is 0.500. The monoisotopic (exact) mass is 288 g/mol. The predicted molar refractivity (Wildman–Crippen MR) is 79.3 cm³/mol. The van der Waals surface area contributed by atoms with Crippen LogP contribution in [0, 0.1) is 6.92 Å². The molecule has 0 unspecified atom stereocenters. The summed E-state index contributed by atoms with van der Waals surface area (Å²) in [4.78, 5) is 21.0. The Hall–Kier alpha value is -2.31. The molecule has 7 nitrogen and oxygen atoms in total. The largest absolute Gasteiger partial charge is 0.339 e. The van der Waals surface area contributed by atoms with Crippen LogP contribution < -0.4 is 4.90 Å². The number of rotatable bonds is 2. The van der Waals surface area contributed by atoms with E-state index in [-0.39, 0.29) is 5.91 Å². The fourth-order valence-corrected chi connectivity index (χ4v) is 2.75. The Morgan fingerprint density at radius 1 is 1.19 bits per heavy atom. The molecule has 0 aliphatic carbocycles. The van der Waals surface area contributed by atoms with Gasteiger partial charge in [-0.3, -0.25) is 9.48 Å². The first-order valence-electron chi connectivity index (χ1n) is 7.08. The van der Waals surface area contributed by atoms with E-state index in [9.17, 15) is 4.79 Å². The first kappa shape index (κ1) is 13.7. The lowest BCUT2D eigenvalue weighted by Crippen LogP contribution is -2.49. The maximum absolute atomic E-state index is 12.5. The molecule has 112 valence electrons. The number of aryl methyl sites for hydroxylation is 3. The average molecular weight is 288 g/mol. The van der Waals surface area contributed by atoms with E-state index in [0.717, 1.165) is 24.7 Å². The summed E-state index contributed by atoms with van der Waals surface area (Å²) in [5, 5.41) is 4.24. The van der Waals surface area contributed by atoms with Gasteiger partial charge in [0.1, 0.15) is 0 Å². The maximum Gasteiger partial charge on any atom is 0.257 e. The van der Waals surface area contributed by atoms with E-state index in [1.54, 1.807) is 17.1 Å². The van der Waals surface area contributed by atoms with Crippen molar-refractivity contribution < 1.29 is 4.79 Å². The zero-order valence-electron chi connectivity index (χ0n) is 12.7. The van der Waals surface area contributed by atoms with Crippen LogP contribution in [0.1, 0.15) is 16.1 Å². The highest BCUT2D eigenvalue weighted by atomic mass is 16.2. The molecule has 0 spiro atoms. The van der Waals surface area contributed by atoms with E-state index in [4.69, 9.17) is 0 Å². The van der Waals surface area contributed by atoms with Crippen molar-refractivity contribution >= 4 is 11.9 Å². The zero-order chi connectivity index (χ0) is 15.0. The van der Waals surface area contributed by atoms with Gasteiger partial charge in [-0.05, 0) is 6.92 Å². The van der Waals surface area contributed by atoms with Crippen molar-refractivity contribution in [1.82, 2.24) is 24.2 Å². The second-order valence-electron chi connectivity index (χ2n) is 5.42. The van der Waals surface area contributed by atoms with Crippen molar-refractivity contribution in [3.8, 4) is 0 Å². The van der Waals surface area contributed by atoms with E-state index in [0.29, 0.717) is 18.7 Å². The number of hydrogen-bond donors (Lipinski definition) is 0. The van der Waals surface area contributed by atoms with E-state index >= 15 is 0 Å². The number of carbonyl (C=O) groups excluding carboxylic acids is 1. The number of aromatic nitrogens is 4. The number of piperazine rings is 1. The molecule has 0 N–H and O–H groups in total. The molecule has 1 aliphatic rings. The summed E-state index contributed by atoms with van der Waals surface area (Å²) in [7, 11) is 3.82. The molecule has 0 saturated carbocycles. The highest BCUT2D eigenvalue weighted by Gasteiger charge is 2.25. The second kappa shape index (κ2) is 5.23. The van der Waals surface area contributed by atoms with Crippen LogP contribution in [0.4, 0.5) is 5.95 Å². The first-order valence-corrected chi connectivity index (χ1v) is 7.08. The van der Waals surface area contributed by atoms with Gasteiger partial charge in [-0.2, -0.15) is 5.10 Å². The molecule has 2 aromatic heterocycles. The summed E-state index contributed by atoms with van der Waals surface area (Å²) in [5.74, 6) is 1.03. The summed E-state index contributed by atoms with van der Waals surface area (Å²) in [5.41, 5.74) is 1.48. The number of nitrogens with zero attached hydrogens (tertiary/aromatic N) is 6. The van der Waals surface area contributed by atoms with Crippen molar-refractivity contribution in [2.75, 3.05) is 31.1 Å². The molecule has 0 radical (unpaired) electrons. The lowest BCUT2D eigenvalue weighted by Gasteiger charge is -2.35. The summed E-state index contributed by atoms with van der Waals surface area (Å²) >= 11 is 0. The molecule has 1 aliphatic heterocycles. The summed E-state index contributed by atoms with van der Waals surface area (Å²) < 4.78 is 3.69. The Morgan fingerprint density at radius 2 is 1.90 bits per heavy atom. The van der Waals surface area contributed by atoms with Gasteiger partial charge < -0.3 is 14.4 Å². The number of carbonyl (C=O) groups is 1. The third-order valence-electron chi connectivity index (χ3n) is 3.89. The number of hydrogen-bond acceptors (Lipinski definition) is 4. The lowest BCUT2D eigenvalue weighted by atomic mass is 10.2. The van der Waals surface area contributed by atoms with Crippen molar-refractivity contribution in [3.05, 3.63) is 29.8 Å². The van der Waals surface area contributed by atoms with Gasteiger partial charge in [-0.1, -0.05) is 0 Å². The normalized spacial score (nSPS) is 15.6. The zero-order valence-corrected chi connectivity index (χ0v) is 12.7. The Balaban J connectivity index is 1.67. The minimum atomic E-state index is 0.0695. The Morgan fingerprint density at radius 3 is 2.43 bits per heavy atom. The molecule has 0 atom stereocenters. The molecule has 1 fully saturated rings. The molecule has 7 heteroatoms. The molecule has 0 aromatic carbocycles. The average Bonchev–Trinajstić information content (AvgIpc) is 3.04. The van der Waals surface area contributed by atoms with Crippen LogP contribution in [0.2, 0.25) is 0 Å². The molecule has 3 heterocycles. The van der Waals surface area contributed by atoms with Gasteiger partial charge in [0, 0.05) is 58.9 Å². The molecule has 1 saturated heterocycles. The van der Waals surface area contributed by atoms with Gasteiger partial charge in [0.05, 0.1) is 11.3 Å². The predicted octanol–water partition coefficient (Wildman–Crippen LogP) is 0.424. The van der Waals surface area contributed by atoms with Gasteiger partial charge >= 0.3 is 0 Å². The second-order valence-corrected chi connectivity index (χ2v) is 5.42. The van der Waals surface area contributed by atoms with Crippen molar-refractivity contribution in [2.45, 2.75) is 6.92 Å². The SMILES string of the molecule is Cc1nn(C)cc1C(=O)N1CCN(c2nccn2C)CC1. The summed E-state index contributed by atoms with van der Waals surface area (Å²) in [6.45, 7) is 4.89. The van der Waals surface area contributed by atoms with Gasteiger partial charge in [0.2, 0.25) is 5.95 Å². The standard InChI is InChI=1S/C14H20N6O/c1-11-12(10-18(3)16-11)13(21)19-6-8-20(9-7-19)14-15-4-5-17(14)2/h4-5,10H,6-9H2,1-3H3. The smallest absolute Gasteiger partial charge is 0.257 e. The Kier molecular flexibility index (Phi) is 3.40. The first-order chi connectivity index (χ1) is 10.1. The summed E-state index contributed by atoms with van der Waals surface area (Å²) in [6, 6.07) is 0. The van der Waals surface area contributed by atoms with E-state index in [1.165, 1.54) is 0 Å². The number of amides is 1.